The van der Waals surface area contributed by atoms with Crippen LogP contribution in [-0.4, -0.2) is 22.0 Å². The van der Waals surface area contributed by atoms with Crippen LogP contribution in [0.2, 0.25) is 0 Å². The van der Waals surface area contributed by atoms with E-state index in [1.165, 1.54) is 0 Å². The average Bonchev–Trinajstić information content (AvgIpc) is 2.89. The zero-order valence-electron chi connectivity index (χ0n) is 9.89. The van der Waals surface area contributed by atoms with Crippen molar-refractivity contribution in [2.45, 2.75) is 51.5 Å². The zero-order valence-corrected chi connectivity index (χ0v) is 9.89. The summed E-state index contributed by atoms with van der Waals surface area (Å²) in [7, 11) is 0. The summed E-state index contributed by atoms with van der Waals surface area (Å²) in [6.07, 6.45) is 6.53. The van der Waals surface area contributed by atoms with Gasteiger partial charge in [0.2, 0.25) is 0 Å². The molecule has 1 aromatic heterocycles. The van der Waals surface area contributed by atoms with E-state index in [0.29, 0.717) is 6.10 Å². The zero-order chi connectivity index (χ0) is 11.5. The third-order valence-electron chi connectivity index (χ3n) is 3.15. The summed E-state index contributed by atoms with van der Waals surface area (Å²) in [5, 5.41) is 4.26. The van der Waals surface area contributed by atoms with E-state index in [1.54, 1.807) is 0 Å². The van der Waals surface area contributed by atoms with Crippen molar-refractivity contribution in [2.75, 3.05) is 0 Å². The molecule has 0 radical (unpaired) electrons. The molecule has 5 heteroatoms. The molecule has 0 spiro atoms. The van der Waals surface area contributed by atoms with Crippen LogP contribution in [0.3, 0.4) is 0 Å². The highest BCUT2D eigenvalue weighted by molar-refractivity contribution is 5.12. The Hall–Kier alpha value is -0.910. The van der Waals surface area contributed by atoms with Crippen LogP contribution in [0.15, 0.2) is 12.4 Å². The molecule has 2 rings (SSSR count). The van der Waals surface area contributed by atoms with Crippen LogP contribution in [0.5, 0.6) is 0 Å². The first-order valence-corrected chi connectivity index (χ1v) is 5.88. The molecule has 1 aliphatic heterocycles. The monoisotopic (exact) mass is 224 g/mol. The second kappa shape index (κ2) is 4.95. The number of hydrazine groups is 1. The van der Waals surface area contributed by atoms with Crippen molar-refractivity contribution in [2.24, 2.45) is 5.84 Å². The van der Waals surface area contributed by atoms with E-state index in [9.17, 15) is 0 Å². The summed E-state index contributed by atoms with van der Waals surface area (Å²) in [6, 6.07) is 0.0465. The van der Waals surface area contributed by atoms with Crippen LogP contribution in [0.25, 0.3) is 0 Å². The lowest BCUT2D eigenvalue weighted by Crippen LogP contribution is -2.36. The highest BCUT2D eigenvalue weighted by atomic mass is 16.5. The summed E-state index contributed by atoms with van der Waals surface area (Å²) in [6.45, 7) is 5.04. The Bertz CT molecular complexity index is 338. The molecule has 3 unspecified atom stereocenters. The van der Waals surface area contributed by atoms with Crippen molar-refractivity contribution in [3.8, 4) is 0 Å². The molecule has 2 heterocycles. The highest BCUT2D eigenvalue weighted by Gasteiger charge is 2.30. The Morgan fingerprint density at radius 3 is 3.00 bits per heavy atom. The molecule has 0 amide bonds. The number of hydrogen-bond donors (Lipinski definition) is 2. The molecule has 90 valence electrons. The molecule has 0 bridgehead atoms. The molecule has 1 aromatic rings. The average molecular weight is 224 g/mol. The molecule has 3 atom stereocenters. The second-order valence-corrected chi connectivity index (χ2v) is 4.34. The first kappa shape index (κ1) is 11.6. The van der Waals surface area contributed by atoms with E-state index in [4.69, 9.17) is 10.6 Å². The number of nitrogens with zero attached hydrogens (tertiary/aromatic N) is 2. The SMILES string of the molecule is CCn1cc(C(NN)C2CCC(C)O2)cn1. The van der Waals surface area contributed by atoms with Gasteiger partial charge in [-0.15, -0.1) is 0 Å². The van der Waals surface area contributed by atoms with E-state index in [1.807, 2.05) is 17.1 Å². The smallest absolute Gasteiger partial charge is 0.0788 e. The van der Waals surface area contributed by atoms with Crippen molar-refractivity contribution >= 4 is 0 Å². The van der Waals surface area contributed by atoms with Crippen molar-refractivity contribution < 1.29 is 4.74 Å². The number of aromatic nitrogens is 2. The van der Waals surface area contributed by atoms with Crippen molar-refractivity contribution in [3.05, 3.63) is 18.0 Å². The molecule has 1 fully saturated rings. The van der Waals surface area contributed by atoms with E-state index in [-0.39, 0.29) is 12.1 Å². The number of aryl methyl sites for hydroxylation is 1. The molecule has 3 N–H and O–H groups in total. The largest absolute Gasteiger partial charge is 0.373 e. The molecule has 0 saturated carbocycles. The Balaban J connectivity index is 2.09. The summed E-state index contributed by atoms with van der Waals surface area (Å²) >= 11 is 0. The summed E-state index contributed by atoms with van der Waals surface area (Å²) in [4.78, 5) is 0. The molecule has 0 aliphatic carbocycles. The number of rotatable bonds is 4. The van der Waals surface area contributed by atoms with Gasteiger partial charge in [0.15, 0.2) is 0 Å². The lowest BCUT2D eigenvalue weighted by atomic mass is 10.0. The van der Waals surface area contributed by atoms with Gasteiger partial charge in [-0.25, -0.2) is 0 Å². The molecule has 5 nitrogen and oxygen atoms in total. The molecule has 0 aromatic carbocycles. The fourth-order valence-electron chi connectivity index (χ4n) is 2.21. The van der Waals surface area contributed by atoms with Crippen LogP contribution in [0, 0.1) is 0 Å². The maximum atomic E-state index is 5.83. The van der Waals surface area contributed by atoms with Crippen molar-refractivity contribution in [1.82, 2.24) is 15.2 Å². The van der Waals surface area contributed by atoms with Gasteiger partial charge in [-0.3, -0.25) is 16.0 Å². The lowest BCUT2D eigenvalue weighted by molar-refractivity contribution is 0.0316. The molecule has 1 saturated heterocycles. The minimum Gasteiger partial charge on any atom is -0.373 e. The Kier molecular flexibility index (Phi) is 3.58. The van der Waals surface area contributed by atoms with Gasteiger partial charge in [0, 0.05) is 18.3 Å². The Morgan fingerprint density at radius 1 is 1.69 bits per heavy atom. The fraction of sp³-hybridized carbons (Fsp3) is 0.727. The standard InChI is InChI=1S/C11H20N4O/c1-3-15-7-9(6-13-15)11(14-12)10-5-4-8(2)16-10/h6-8,10-11,14H,3-5,12H2,1-2H3. The van der Waals surface area contributed by atoms with Crippen molar-refractivity contribution in [3.63, 3.8) is 0 Å². The van der Waals surface area contributed by atoms with E-state index in [2.05, 4.69) is 24.4 Å². The summed E-state index contributed by atoms with van der Waals surface area (Å²) in [5.74, 6) is 5.61. The normalized spacial score (nSPS) is 27.2. The van der Waals surface area contributed by atoms with Gasteiger partial charge in [0.05, 0.1) is 24.4 Å². The minimum atomic E-state index is 0.0465. The van der Waals surface area contributed by atoms with Crippen LogP contribution in [0.1, 0.15) is 38.3 Å². The lowest BCUT2D eigenvalue weighted by Gasteiger charge is -2.21. The molecular formula is C11H20N4O. The van der Waals surface area contributed by atoms with Crippen LogP contribution < -0.4 is 11.3 Å². The first-order chi connectivity index (χ1) is 7.74. The van der Waals surface area contributed by atoms with Gasteiger partial charge in [0.1, 0.15) is 0 Å². The maximum absolute atomic E-state index is 5.83. The summed E-state index contributed by atoms with van der Waals surface area (Å²) < 4.78 is 7.73. The van der Waals surface area contributed by atoms with Crippen molar-refractivity contribution in [1.29, 1.82) is 0 Å². The van der Waals surface area contributed by atoms with Gasteiger partial charge in [0.25, 0.3) is 0 Å². The van der Waals surface area contributed by atoms with Gasteiger partial charge in [-0.2, -0.15) is 5.10 Å². The van der Waals surface area contributed by atoms with Gasteiger partial charge in [-0.05, 0) is 26.7 Å². The molecular weight excluding hydrogens is 204 g/mol. The molecule has 16 heavy (non-hydrogen) atoms. The van der Waals surface area contributed by atoms with Crippen LogP contribution in [-0.2, 0) is 11.3 Å². The Labute approximate surface area is 95.9 Å². The van der Waals surface area contributed by atoms with Gasteiger partial charge in [-0.1, -0.05) is 0 Å². The van der Waals surface area contributed by atoms with Gasteiger partial charge >= 0.3 is 0 Å². The number of nitrogens with one attached hydrogen (secondary N) is 1. The third kappa shape index (κ3) is 2.26. The predicted octanol–water partition coefficient (Wildman–Crippen LogP) is 0.975. The third-order valence-corrected chi connectivity index (χ3v) is 3.15. The minimum absolute atomic E-state index is 0.0465. The van der Waals surface area contributed by atoms with Gasteiger partial charge < -0.3 is 4.74 Å². The maximum Gasteiger partial charge on any atom is 0.0788 e. The predicted molar refractivity (Wildman–Crippen MR) is 61.5 cm³/mol. The van der Waals surface area contributed by atoms with Crippen LogP contribution in [0.4, 0.5) is 0 Å². The van der Waals surface area contributed by atoms with E-state index < -0.39 is 0 Å². The van der Waals surface area contributed by atoms with E-state index in [0.717, 1.165) is 24.9 Å². The number of ether oxygens (including phenoxy) is 1. The summed E-state index contributed by atoms with van der Waals surface area (Å²) in [5.41, 5.74) is 3.94. The van der Waals surface area contributed by atoms with Crippen LogP contribution >= 0.6 is 0 Å². The van der Waals surface area contributed by atoms with E-state index >= 15 is 0 Å². The fourth-order valence-corrected chi connectivity index (χ4v) is 2.21. The number of nitrogens with two attached hydrogens (primary N) is 1. The molecule has 1 aliphatic rings. The Morgan fingerprint density at radius 2 is 2.50 bits per heavy atom. The topological polar surface area (TPSA) is 65.1 Å². The highest BCUT2D eigenvalue weighted by Crippen LogP contribution is 2.29. The first-order valence-electron chi connectivity index (χ1n) is 5.88. The second-order valence-electron chi connectivity index (χ2n) is 4.34. The quantitative estimate of drug-likeness (QED) is 0.591. The number of hydrogen-bond acceptors (Lipinski definition) is 4.